The number of rotatable bonds is 4. The Kier molecular flexibility index (Phi) is 4.11. The van der Waals surface area contributed by atoms with Gasteiger partial charge in [-0.15, -0.1) is 0 Å². The standard InChI is InChI=1S/C10H15N3O3/c1-12(4-2-3-11)10(16)13-6-8(7-13)5-9(14)15/h8H,2,4-7H2,1H3,(H,14,15). The van der Waals surface area contributed by atoms with Crippen molar-refractivity contribution >= 4 is 12.0 Å². The van der Waals surface area contributed by atoms with Gasteiger partial charge in [-0.3, -0.25) is 4.79 Å². The molecule has 6 heteroatoms. The quantitative estimate of drug-likeness (QED) is 0.748. The van der Waals surface area contributed by atoms with Crippen molar-refractivity contribution in [2.24, 2.45) is 5.92 Å². The predicted molar refractivity (Wildman–Crippen MR) is 55.6 cm³/mol. The fraction of sp³-hybridized carbons (Fsp3) is 0.700. The molecule has 6 nitrogen and oxygen atoms in total. The largest absolute Gasteiger partial charge is 0.481 e. The van der Waals surface area contributed by atoms with Gasteiger partial charge in [-0.05, 0) is 0 Å². The minimum absolute atomic E-state index is 0.0748. The lowest BCUT2D eigenvalue weighted by atomic mass is 9.97. The van der Waals surface area contributed by atoms with Crippen molar-refractivity contribution in [1.82, 2.24) is 9.80 Å². The summed E-state index contributed by atoms with van der Waals surface area (Å²) >= 11 is 0. The number of hydrogen-bond acceptors (Lipinski definition) is 3. The highest BCUT2D eigenvalue weighted by Gasteiger charge is 2.33. The third-order valence-corrected chi connectivity index (χ3v) is 2.58. The molecule has 0 aromatic carbocycles. The van der Waals surface area contributed by atoms with Gasteiger partial charge in [0.15, 0.2) is 0 Å². The maximum Gasteiger partial charge on any atom is 0.319 e. The Morgan fingerprint density at radius 2 is 2.19 bits per heavy atom. The van der Waals surface area contributed by atoms with Crippen molar-refractivity contribution < 1.29 is 14.7 Å². The molecule has 0 aliphatic carbocycles. The van der Waals surface area contributed by atoms with E-state index in [-0.39, 0.29) is 18.4 Å². The van der Waals surface area contributed by atoms with Crippen LogP contribution in [0.3, 0.4) is 0 Å². The first-order chi connectivity index (χ1) is 7.54. The zero-order valence-corrected chi connectivity index (χ0v) is 9.22. The van der Waals surface area contributed by atoms with E-state index in [0.29, 0.717) is 26.1 Å². The number of urea groups is 1. The molecule has 1 fully saturated rings. The molecule has 16 heavy (non-hydrogen) atoms. The lowest BCUT2D eigenvalue weighted by molar-refractivity contribution is -0.139. The summed E-state index contributed by atoms with van der Waals surface area (Å²) in [6.45, 7) is 1.42. The van der Waals surface area contributed by atoms with Crippen molar-refractivity contribution in [2.75, 3.05) is 26.7 Å². The van der Waals surface area contributed by atoms with Gasteiger partial charge in [0.25, 0.3) is 0 Å². The number of nitriles is 1. The van der Waals surface area contributed by atoms with Crippen molar-refractivity contribution in [1.29, 1.82) is 5.26 Å². The summed E-state index contributed by atoms with van der Waals surface area (Å²) in [7, 11) is 1.64. The zero-order valence-electron chi connectivity index (χ0n) is 9.22. The molecular formula is C10H15N3O3. The molecule has 1 heterocycles. The van der Waals surface area contributed by atoms with Crippen LogP contribution in [-0.4, -0.2) is 53.6 Å². The predicted octanol–water partition coefficient (Wildman–Crippen LogP) is 0.358. The van der Waals surface area contributed by atoms with Gasteiger partial charge in [-0.25, -0.2) is 4.79 Å². The van der Waals surface area contributed by atoms with E-state index in [1.54, 1.807) is 11.9 Å². The van der Waals surface area contributed by atoms with Gasteiger partial charge in [0.05, 0.1) is 18.9 Å². The van der Waals surface area contributed by atoms with E-state index in [1.807, 2.05) is 6.07 Å². The van der Waals surface area contributed by atoms with Gasteiger partial charge in [-0.2, -0.15) is 5.26 Å². The maximum atomic E-state index is 11.7. The first-order valence-electron chi connectivity index (χ1n) is 5.13. The van der Waals surface area contributed by atoms with Crippen molar-refractivity contribution in [2.45, 2.75) is 12.8 Å². The van der Waals surface area contributed by atoms with Gasteiger partial charge in [0.1, 0.15) is 0 Å². The Bertz CT molecular complexity index is 318. The molecule has 0 radical (unpaired) electrons. The smallest absolute Gasteiger partial charge is 0.319 e. The Hall–Kier alpha value is -1.77. The molecule has 0 aromatic rings. The van der Waals surface area contributed by atoms with Crippen LogP contribution < -0.4 is 0 Å². The van der Waals surface area contributed by atoms with Gasteiger partial charge >= 0.3 is 12.0 Å². The molecular weight excluding hydrogens is 210 g/mol. The lowest BCUT2D eigenvalue weighted by Crippen LogP contribution is -2.54. The van der Waals surface area contributed by atoms with Crippen molar-refractivity contribution in [3.63, 3.8) is 0 Å². The molecule has 1 aliphatic heterocycles. The highest BCUT2D eigenvalue weighted by Crippen LogP contribution is 2.20. The third-order valence-electron chi connectivity index (χ3n) is 2.58. The van der Waals surface area contributed by atoms with E-state index in [1.165, 1.54) is 4.90 Å². The summed E-state index contributed by atoms with van der Waals surface area (Å²) in [6.07, 6.45) is 0.431. The topological polar surface area (TPSA) is 84.6 Å². The molecule has 0 aromatic heterocycles. The highest BCUT2D eigenvalue weighted by molar-refractivity contribution is 5.75. The number of carbonyl (C=O) groups is 2. The van der Waals surface area contributed by atoms with E-state index in [2.05, 4.69) is 0 Å². The second-order valence-corrected chi connectivity index (χ2v) is 3.98. The molecule has 2 amide bonds. The van der Waals surface area contributed by atoms with Crippen LogP contribution in [0.4, 0.5) is 4.79 Å². The summed E-state index contributed by atoms with van der Waals surface area (Å²) in [5, 5.41) is 16.9. The molecule has 1 N–H and O–H groups in total. The normalized spacial score (nSPS) is 15.1. The van der Waals surface area contributed by atoms with Crippen LogP contribution in [0.5, 0.6) is 0 Å². The molecule has 0 bridgehead atoms. The van der Waals surface area contributed by atoms with Crippen LogP contribution in [0.2, 0.25) is 0 Å². The van der Waals surface area contributed by atoms with Crippen LogP contribution in [0, 0.1) is 17.2 Å². The van der Waals surface area contributed by atoms with E-state index >= 15 is 0 Å². The summed E-state index contributed by atoms with van der Waals surface area (Å²) < 4.78 is 0. The van der Waals surface area contributed by atoms with Gasteiger partial charge in [0, 0.05) is 32.6 Å². The van der Waals surface area contributed by atoms with Crippen LogP contribution >= 0.6 is 0 Å². The van der Waals surface area contributed by atoms with Crippen molar-refractivity contribution in [3.05, 3.63) is 0 Å². The number of amides is 2. The highest BCUT2D eigenvalue weighted by atomic mass is 16.4. The number of hydrogen-bond donors (Lipinski definition) is 1. The molecule has 0 saturated carbocycles. The Morgan fingerprint density at radius 3 is 2.69 bits per heavy atom. The summed E-state index contributed by atoms with van der Waals surface area (Å²) in [4.78, 5) is 25.2. The van der Waals surface area contributed by atoms with Crippen LogP contribution in [0.1, 0.15) is 12.8 Å². The average Bonchev–Trinajstić information content (AvgIpc) is 2.18. The molecule has 88 valence electrons. The third kappa shape index (κ3) is 3.12. The molecule has 1 aliphatic rings. The van der Waals surface area contributed by atoms with E-state index in [4.69, 9.17) is 10.4 Å². The molecule has 1 rings (SSSR count). The van der Waals surface area contributed by atoms with Gasteiger partial charge in [0.2, 0.25) is 0 Å². The first-order valence-corrected chi connectivity index (χ1v) is 5.13. The van der Waals surface area contributed by atoms with Crippen LogP contribution in [-0.2, 0) is 4.79 Å². The van der Waals surface area contributed by atoms with Gasteiger partial charge < -0.3 is 14.9 Å². The SMILES string of the molecule is CN(CCC#N)C(=O)N1CC(CC(=O)O)C1. The zero-order chi connectivity index (χ0) is 12.1. The number of carboxylic acids is 1. The number of nitrogens with zero attached hydrogens (tertiary/aromatic N) is 3. The fourth-order valence-corrected chi connectivity index (χ4v) is 1.66. The van der Waals surface area contributed by atoms with Crippen LogP contribution in [0.15, 0.2) is 0 Å². The molecule has 1 saturated heterocycles. The maximum absolute atomic E-state index is 11.7. The van der Waals surface area contributed by atoms with Crippen molar-refractivity contribution in [3.8, 4) is 6.07 Å². The number of likely N-dealkylation sites (tertiary alicyclic amines) is 1. The average molecular weight is 225 g/mol. The minimum atomic E-state index is -0.824. The van der Waals surface area contributed by atoms with Crippen LogP contribution in [0.25, 0.3) is 0 Å². The van der Waals surface area contributed by atoms with E-state index < -0.39 is 5.97 Å². The Balaban J connectivity index is 2.26. The summed E-state index contributed by atoms with van der Waals surface area (Å²) in [6, 6.07) is 1.85. The number of carbonyl (C=O) groups excluding carboxylic acids is 1. The van der Waals surface area contributed by atoms with E-state index in [0.717, 1.165) is 0 Å². The second kappa shape index (κ2) is 5.35. The molecule has 0 spiro atoms. The van der Waals surface area contributed by atoms with Gasteiger partial charge in [-0.1, -0.05) is 0 Å². The number of aliphatic carboxylic acids is 1. The fourth-order valence-electron chi connectivity index (χ4n) is 1.66. The Labute approximate surface area is 94.0 Å². The second-order valence-electron chi connectivity index (χ2n) is 3.98. The summed E-state index contributed by atoms with van der Waals surface area (Å²) in [5.41, 5.74) is 0. The lowest BCUT2D eigenvalue weighted by Gasteiger charge is -2.40. The minimum Gasteiger partial charge on any atom is -0.481 e. The monoisotopic (exact) mass is 225 g/mol. The number of carboxylic acid groups (broad SMARTS) is 1. The van der Waals surface area contributed by atoms with E-state index in [9.17, 15) is 9.59 Å². The first kappa shape index (κ1) is 12.3. The molecule has 0 atom stereocenters. The molecule has 0 unspecified atom stereocenters. The summed E-state index contributed by atoms with van der Waals surface area (Å²) in [5.74, 6) is -0.749. The Morgan fingerprint density at radius 1 is 1.56 bits per heavy atom.